The number of likely N-dealkylation sites (tertiary alicyclic amines) is 1. The van der Waals surface area contributed by atoms with Crippen molar-refractivity contribution in [3.63, 3.8) is 0 Å². The van der Waals surface area contributed by atoms with E-state index in [-0.39, 0.29) is 0 Å². The number of aliphatic imine (C=N–C) groups is 1. The Balaban J connectivity index is 1.45. The molecule has 2 aliphatic rings. The van der Waals surface area contributed by atoms with E-state index < -0.39 is 0 Å². The first kappa shape index (κ1) is 16.3. The van der Waals surface area contributed by atoms with Gasteiger partial charge in [0.25, 0.3) is 0 Å². The fourth-order valence-corrected chi connectivity index (χ4v) is 3.63. The Hall–Kier alpha value is -1.56. The first-order valence-corrected chi connectivity index (χ1v) is 8.73. The molecule has 6 nitrogen and oxygen atoms in total. The van der Waals surface area contributed by atoms with Crippen LogP contribution in [0.15, 0.2) is 9.52 Å². The van der Waals surface area contributed by atoms with Crippen molar-refractivity contribution in [3.8, 4) is 0 Å². The quantitative estimate of drug-likeness (QED) is 0.638. The average molecular weight is 319 g/mol. The molecule has 2 unspecified atom stereocenters. The van der Waals surface area contributed by atoms with Crippen LogP contribution >= 0.6 is 0 Å². The molecule has 1 aromatic heterocycles. The van der Waals surface area contributed by atoms with Crippen LogP contribution in [0.3, 0.4) is 0 Å². The molecule has 3 rings (SSSR count). The largest absolute Gasteiger partial charge is 0.361 e. The Morgan fingerprint density at radius 2 is 2.17 bits per heavy atom. The van der Waals surface area contributed by atoms with E-state index >= 15 is 0 Å². The molecule has 0 bridgehead atoms. The van der Waals surface area contributed by atoms with Crippen LogP contribution in [-0.4, -0.2) is 54.3 Å². The summed E-state index contributed by atoms with van der Waals surface area (Å²) in [5.74, 6) is 1.81. The molecule has 2 atom stereocenters. The zero-order valence-corrected chi connectivity index (χ0v) is 14.7. The van der Waals surface area contributed by atoms with Crippen molar-refractivity contribution in [2.45, 2.75) is 64.6 Å². The topological polar surface area (TPSA) is 65.7 Å². The molecule has 1 aliphatic carbocycles. The molecule has 0 aromatic carbocycles. The standard InChI is InChI=1S/C17H29N5O/c1-11-9-14(10-22(11)15-5-6-15)20-17(18-4)19-8-7-16-12(2)21-23-13(16)3/h11,14-15H,5-10H2,1-4H3,(H2,18,19,20). The van der Waals surface area contributed by atoms with Crippen molar-refractivity contribution in [2.24, 2.45) is 4.99 Å². The maximum atomic E-state index is 5.21. The molecule has 0 amide bonds. The van der Waals surface area contributed by atoms with Gasteiger partial charge in [0.15, 0.2) is 5.96 Å². The van der Waals surface area contributed by atoms with E-state index in [0.29, 0.717) is 12.1 Å². The number of hydrogen-bond donors (Lipinski definition) is 2. The van der Waals surface area contributed by atoms with Crippen molar-refractivity contribution in [1.29, 1.82) is 0 Å². The van der Waals surface area contributed by atoms with Crippen LogP contribution in [-0.2, 0) is 6.42 Å². The number of aromatic nitrogens is 1. The average Bonchev–Trinajstić information content (AvgIpc) is 3.24. The van der Waals surface area contributed by atoms with E-state index in [0.717, 1.165) is 43.0 Å². The number of aryl methyl sites for hydroxylation is 2. The zero-order chi connectivity index (χ0) is 16.4. The number of hydrogen-bond acceptors (Lipinski definition) is 4. The summed E-state index contributed by atoms with van der Waals surface area (Å²) in [6.45, 7) is 8.27. The van der Waals surface area contributed by atoms with Gasteiger partial charge in [0.1, 0.15) is 5.76 Å². The lowest BCUT2D eigenvalue weighted by Crippen LogP contribution is -2.45. The SMILES string of the molecule is CN=C(NCCc1c(C)noc1C)NC1CC(C)N(C2CC2)C1. The van der Waals surface area contributed by atoms with Gasteiger partial charge in [-0.25, -0.2) is 0 Å². The second-order valence-electron chi connectivity index (χ2n) is 6.91. The lowest BCUT2D eigenvalue weighted by Gasteiger charge is -2.20. The minimum absolute atomic E-state index is 0.496. The Kier molecular flexibility index (Phi) is 4.90. The summed E-state index contributed by atoms with van der Waals surface area (Å²) in [7, 11) is 1.84. The Bertz CT molecular complexity index is 544. The van der Waals surface area contributed by atoms with Crippen molar-refractivity contribution in [1.82, 2.24) is 20.7 Å². The maximum Gasteiger partial charge on any atom is 0.191 e. The van der Waals surface area contributed by atoms with Crippen LogP contribution in [0.2, 0.25) is 0 Å². The van der Waals surface area contributed by atoms with E-state index in [9.17, 15) is 0 Å². The Morgan fingerprint density at radius 3 is 2.78 bits per heavy atom. The van der Waals surface area contributed by atoms with Crippen LogP contribution in [0.1, 0.15) is 43.2 Å². The van der Waals surface area contributed by atoms with Crippen molar-refractivity contribution >= 4 is 5.96 Å². The normalized spacial score (nSPS) is 25.8. The highest BCUT2D eigenvalue weighted by Gasteiger charge is 2.38. The summed E-state index contributed by atoms with van der Waals surface area (Å²) >= 11 is 0. The van der Waals surface area contributed by atoms with Gasteiger partial charge in [-0.2, -0.15) is 0 Å². The van der Waals surface area contributed by atoms with E-state index in [1.165, 1.54) is 24.8 Å². The van der Waals surface area contributed by atoms with Gasteiger partial charge >= 0.3 is 0 Å². The van der Waals surface area contributed by atoms with Crippen LogP contribution in [0.4, 0.5) is 0 Å². The minimum atomic E-state index is 0.496. The van der Waals surface area contributed by atoms with E-state index in [1.54, 1.807) is 0 Å². The third-order valence-corrected chi connectivity index (χ3v) is 5.05. The molecular weight excluding hydrogens is 290 g/mol. The van der Waals surface area contributed by atoms with Crippen molar-refractivity contribution in [2.75, 3.05) is 20.1 Å². The predicted octanol–water partition coefficient (Wildman–Crippen LogP) is 1.62. The molecule has 0 spiro atoms. The van der Waals surface area contributed by atoms with Gasteiger partial charge in [-0.05, 0) is 46.5 Å². The molecule has 1 aliphatic heterocycles. The first-order chi connectivity index (χ1) is 11.1. The van der Waals surface area contributed by atoms with Crippen LogP contribution in [0.5, 0.6) is 0 Å². The number of guanidine groups is 1. The van der Waals surface area contributed by atoms with Gasteiger partial charge in [-0.15, -0.1) is 0 Å². The minimum Gasteiger partial charge on any atom is -0.361 e. The van der Waals surface area contributed by atoms with E-state index in [1.807, 2.05) is 20.9 Å². The van der Waals surface area contributed by atoms with Gasteiger partial charge in [0, 0.05) is 43.8 Å². The third kappa shape index (κ3) is 3.86. The zero-order valence-electron chi connectivity index (χ0n) is 14.7. The van der Waals surface area contributed by atoms with Crippen LogP contribution in [0.25, 0.3) is 0 Å². The molecule has 2 N–H and O–H groups in total. The third-order valence-electron chi connectivity index (χ3n) is 5.05. The first-order valence-electron chi connectivity index (χ1n) is 8.73. The molecule has 2 fully saturated rings. The fraction of sp³-hybridized carbons (Fsp3) is 0.765. The molecule has 6 heteroatoms. The molecule has 1 saturated heterocycles. The van der Waals surface area contributed by atoms with Gasteiger partial charge in [0.2, 0.25) is 0 Å². The summed E-state index contributed by atoms with van der Waals surface area (Å²) in [6, 6.07) is 2.02. The summed E-state index contributed by atoms with van der Waals surface area (Å²) in [4.78, 5) is 7.01. The predicted molar refractivity (Wildman–Crippen MR) is 91.8 cm³/mol. The molecule has 23 heavy (non-hydrogen) atoms. The summed E-state index contributed by atoms with van der Waals surface area (Å²) in [5, 5.41) is 11.0. The molecule has 1 saturated carbocycles. The highest BCUT2D eigenvalue weighted by atomic mass is 16.5. The van der Waals surface area contributed by atoms with Gasteiger partial charge < -0.3 is 15.2 Å². The molecule has 1 aromatic rings. The van der Waals surface area contributed by atoms with Crippen LogP contribution in [0, 0.1) is 13.8 Å². The Morgan fingerprint density at radius 1 is 1.39 bits per heavy atom. The van der Waals surface area contributed by atoms with E-state index in [4.69, 9.17) is 4.52 Å². The molecule has 0 radical (unpaired) electrons. The summed E-state index contributed by atoms with van der Waals surface area (Å²) in [5.41, 5.74) is 2.18. The monoisotopic (exact) mass is 319 g/mol. The van der Waals surface area contributed by atoms with Gasteiger partial charge in [-0.1, -0.05) is 5.16 Å². The lowest BCUT2D eigenvalue weighted by molar-refractivity contribution is 0.256. The van der Waals surface area contributed by atoms with Crippen molar-refractivity contribution < 1.29 is 4.52 Å². The maximum absolute atomic E-state index is 5.21. The highest BCUT2D eigenvalue weighted by molar-refractivity contribution is 5.80. The van der Waals surface area contributed by atoms with Crippen LogP contribution < -0.4 is 10.6 Å². The second-order valence-corrected chi connectivity index (χ2v) is 6.91. The number of rotatable bonds is 5. The van der Waals surface area contributed by atoms with E-state index in [2.05, 4.69) is 32.6 Å². The molecule has 128 valence electrons. The lowest BCUT2D eigenvalue weighted by atomic mass is 10.1. The fourth-order valence-electron chi connectivity index (χ4n) is 3.63. The van der Waals surface area contributed by atoms with Gasteiger partial charge in [0.05, 0.1) is 5.69 Å². The number of nitrogens with zero attached hydrogens (tertiary/aromatic N) is 3. The second kappa shape index (κ2) is 6.91. The summed E-state index contributed by atoms with van der Waals surface area (Å²) in [6.07, 6.45) is 4.85. The van der Waals surface area contributed by atoms with Gasteiger partial charge in [-0.3, -0.25) is 9.89 Å². The molecule has 2 heterocycles. The van der Waals surface area contributed by atoms with Crippen molar-refractivity contribution in [3.05, 3.63) is 17.0 Å². The smallest absolute Gasteiger partial charge is 0.191 e. The molecular formula is C17H29N5O. The number of nitrogens with one attached hydrogen (secondary N) is 2. The Labute approximate surface area is 138 Å². The highest BCUT2D eigenvalue weighted by Crippen LogP contribution is 2.33. The summed E-state index contributed by atoms with van der Waals surface area (Å²) < 4.78 is 5.21.